The Hall–Kier alpha value is -1.55. The molecule has 104 valence electrons. The van der Waals surface area contributed by atoms with Crippen molar-refractivity contribution in [1.29, 1.82) is 0 Å². The van der Waals surface area contributed by atoms with Crippen LogP contribution in [0.3, 0.4) is 0 Å². The number of halogens is 2. The van der Waals surface area contributed by atoms with Crippen LogP contribution in [-0.4, -0.2) is 19.6 Å². The summed E-state index contributed by atoms with van der Waals surface area (Å²) in [6.45, 7) is 2.70. The summed E-state index contributed by atoms with van der Waals surface area (Å²) in [5.74, 6) is -0.156. The first-order valence-electron chi connectivity index (χ1n) is 6.75. The second-order valence-corrected chi connectivity index (χ2v) is 5.86. The molecule has 0 saturated carbocycles. The van der Waals surface area contributed by atoms with Crippen molar-refractivity contribution in [3.63, 3.8) is 0 Å². The Balaban J connectivity index is 1.58. The van der Waals surface area contributed by atoms with E-state index in [1.807, 2.05) is 30.3 Å². The van der Waals surface area contributed by atoms with Gasteiger partial charge in [0.1, 0.15) is 5.82 Å². The van der Waals surface area contributed by atoms with E-state index in [0.29, 0.717) is 0 Å². The van der Waals surface area contributed by atoms with Gasteiger partial charge in [-0.2, -0.15) is 0 Å². The third-order valence-electron chi connectivity index (χ3n) is 3.59. The Morgan fingerprint density at radius 3 is 2.75 bits per heavy atom. The van der Waals surface area contributed by atoms with Crippen molar-refractivity contribution in [2.75, 3.05) is 29.9 Å². The lowest BCUT2D eigenvalue weighted by molar-refractivity contribution is 0.627. The third-order valence-corrected chi connectivity index (χ3v) is 4.12. The molecule has 0 amide bonds. The highest BCUT2D eigenvalue weighted by Gasteiger charge is 2.18. The lowest BCUT2D eigenvalue weighted by atomic mass is 10.2. The molecule has 4 heteroatoms. The van der Waals surface area contributed by atoms with Gasteiger partial charge < -0.3 is 10.2 Å². The Morgan fingerprint density at radius 1 is 1.15 bits per heavy atom. The molecule has 2 aromatic rings. The smallest absolute Gasteiger partial charge is 0.125 e. The number of hydrogen-bond donors (Lipinski definition) is 1. The zero-order valence-corrected chi connectivity index (χ0v) is 12.7. The molecule has 1 aliphatic heterocycles. The van der Waals surface area contributed by atoms with Crippen LogP contribution in [0.1, 0.15) is 5.56 Å². The highest BCUT2D eigenvalue weighted by atomic mass is 79.9. The fraction of sp³-hybridized carbons (Fsp3) is 0.250. The molecule has 1 heterocycles. The molecule has 0 fully saturated rings. The van der Waals surface area contributed by atoms with Crippen LogP contribution >= 0.6 is 15.9 Å². The molecular weight excluding hydrogens is 319 g/mol. The van der Waals surface area contributed by atoms with Gasteiger partial charge in [-0.25, -0.2) is 4.39 Å². The Bertz CT molecular complexity index is 598. The fourth-order valence-corrected chi connectivity index (χ4v) is 2.82. The van der Waals surface area contributed by atoms with Crippen molar-refractivity contribution in [1.82, 2.24) is 0 Å². The van der Waals surface area contributed by atoms with Crippen molar-refractivity contribution >= 4 is 27.3 Å². The van der Waals surface area contributed by atoms with Crippen LogP contribution in [0.15, 0.2) is 46.9 Å². The summed E-state index contributed by atoms with van der Waals surface area (Å²) in [6, 6.07) is 13.2. The van der Waals surface area contributed by atoms with Crippen LogP contribution in [0.5, 0.6) is 0 Å². The average Bonchev–Trinajstić information content (AvgIpc) is 2.84. The first-order chi connectivity index (χ1) is 9.72. The molecule has 2 nitrogen and oxygen atoms in total. The van der Waals surface area contributed by atoms with Crippen LogP contribution < -0.4 is 10.2 Å². The van der Waals surface area contributed by atoms with E-state index in [0.717, 1.165) is 41.9 Å². The maximum absolute atomic E-state index is 13.3. The van der Waals surface area contributed by atoms with E-state index in [1.54, 1.807) is 12.1 Å². The molecule has 0 unspecified atom stereocenters. The number of rotatable bonds is 4. The van der Waals surface area contributed by atoms with Crippen molar-refractivity contribution < 1.29 is 4.39 Å². The van der Waals surface area contributed by atoms with Crippen molar-refractivity contribution in [3.05, 3.63) is 58.3 Å². The molecule has 2 aromatic carbocycles. The van der Waals surface area contributed by atoms with E-state index in [-0.39, 0.29) is 5.82 Å². The van der Waals surface area contributed by atoms with Gasteiger partial charge in [-0.3, -0.25) is 0 Å². The molecule has 1 N–H and O–H groups in total. The molecule has 0 radical (unpaired) electrons. The van der Waals surface area contributed by atoms with E-state index in [9.17, 15) is 4.39 Å². The van der Waals surface area contributed by atoms with E-state index in [2.05, 4.69) is 26.1 Å². The van der Waals surface area contributed by atoms with Crippen LogP contribution in [0.2, 0.25) is 0 Å². The van der Waals surface area contributed by atoms with Gasteiger partial charge in [0, 0.05) is 35.5 Å². The molecule has 1 aliphatic rings. The summed E-state index contributed by atoms with van der Waals surface area (Å²) in [4.78, 5) is 2.24. The van der Waals surface area contributed by atoms with E-state index < -0.39 is 0 Å². The highest BCUT2D eigenvalue weighted by molar-refractivity contribution is 9.10. The van der Waals surface area contributed by atoms with Crippen LogP contribution in [0.4, 0.5) is 15.8 Å². The predicted molar refractivity (Wildman–Crippen MR) is 84.9 cm³/mol. The van der Waals surface area contributed by atoms with Gasteiger partial charge in [-0.1, -0.05) is 22.0 Å². The topological polar surface area (TPSA) is 15.3 Å². The lowest BCUT2D eigenvalue weighted by Gasteiger charge is -2.20. The number of hydrogen-bond acceptors (Lipinski definition) is 2. The Morgan fingerprint density at radius 2 is 1.95 bits per heavy atom. The summed E-state index contributed by atoms with van der Waals surface area (Å²) in [5.41, 5.74) is 3.39. The summed E-state index contributed by atoms with van der Waals surface area (Å²) in [6.07, 6.45) is 1.01. The minimum atomic E-state index is -0.156. The normalized spacial score (nSPS) is 13.4. The molecular formula is C16H16BrFN2. The number of anilines is 2. The molecule has 0 atom stereocenters. The molecule has 0 spiro atoms. The van der Waals surface area contributed by atoms with Crippen molar-refractivity contribution in [3.8, 4) is 0 Å². The zero-order valence-electron chi connectivity index (χ0n) is 11.1. The third kappa shape index (κ3) is 2.96. The lowest BCUT2D eigenvalue weighted by Crippen LogP contribution is -2.27. The predicted octanol–water partition coefficient (Wildman–Crippen LogP) is 4.06. The van der Waals surface area contributed by atoms with Crippen molar-refractivity contribution in [2.24, 2.45) is 0 Å². The second-order valence-electron chi connectivity index (χ2n) is 4.94. The standard InChI is InChI=1S/C16H16BrFN2/c17-13-2-5-15(6-3-13)19-8-10-20-9-7-12-1-4-14(18)11-16(12)20/h1-6,11,19H,7-10H2. The molecule has 0 aliphatic carbocycles. The second kappa shape index (κ2) is 5.83. The van der Waals surface area contributed by atoms with E-state index >= 15 is 0 Å². The summed E-state index contributed by atoms with van der Waals surface area (Å²) in [5, 5.41) is 3.39. The van der Waals surface area contributed by atoms with Gasteiger partial charge in [0.05, 0.1) is 0 Å². The summed E-state index contributed by atoms with van der Waals surface area (Å²) in [7, 11) is 0. The van der Waals surface area contributed by atoms with Gasteiger partial charge >= 0.3 is 0 Å². The minimum Gasteiger partial charge on any atom is -0.383 e. The van der Waals surface area contributed by atoms with Gasteiger partial charge in [0.25, 0.3) is 0 Å². The average molecular weight is 335 g/mol. The van der Waals surface area contributed by atoms with E-state index in [1.165, 1.54) is 5.56 Å². The van der Waals surface area contributed by atoms with Crippen LogP contribution in [0, 0.1) is 5.82 Å². The summed E-state index contributed by atoms with van der Waals surface area (Å²) >= 11 is 3.42. The highest BCUT2D eigenvalue weighted by Crippen LogP contribution is 2.28. The number of nitrogens with zero attached hydrogens (tertiary/aromatic N) is 1. The first-order valence-corrected chi connectivity index (χ1v) is 7.54. The zero-order chi connectivity index (χ0) is 13.9. The van der Waals surface area contributed by atoms with Gasteiger partial charge in [-0.05, 0) is 48.4 Å². The van der Waals surface area contributed by atoms with Crippen LogP contribution in [0.25, 0.3) is 0 Å². The molecule has 3 rings (SSSR count). The molecule has 20 heavy (non-hydrogen) atoms. The van der Waals surface area contributed by atoms with Gasteiger partial charge in [0.2, 0.25) is 0 Å². The van der Waals surface area contributed by atoms with Gasteiger partial charge in [0.15, 0.2) is 0 Å². The Kier molecular flexibility index (Phi) is 3.92. The van der Waals surface area contributed by atoms with Gasteiger partial charge in [-0.15, -0.1) is 0 Å². The van der Waals surface area contributed by atoms with Crippen LogP contribution in [-0.2, 0) is 6.42 Å². The number of fused-ring (bicyclic) bond motifs is 1. The maximum Gasteiger partial charge on any atom is 0.125 e. The maximum atomic E-state index is 13.3. The largest absolute Gasteiger partial charge is 0.383 e. The molecule has 0 saturated heterocycles. The molecule has 0 aromatic heterocycles. The van der Waals surface area contributed by atoms with E-state index in [4.69, 9.17) is 0 Å². The first kappa shape index (κ1) is 13.4. The van der Waals surface area contributed by atoms with Crippen molar-refractivity contribution in [2.45, 2.75) is 6.42 Å². The monoisotopic (exact) mass is 334 g/mol. The fourth-order valence-electron chi connectivity index (χ4n) is 2.55. The number of benzene rings is 2. The number of nitrogens with one attached hydrogen (secondary N) is 1. The Labute approximate surface area is 126 Å². The summed E-state index contributed by atoms with van der Waals surface area (Å²) < 4.78 is 14.4. The molecule has 0 bridgehead atoms. The SMILES string of the molecule is Fc1ccc2c(c1)N(CCNc1ccc(Br)cc1)CC2. The minimum absolute atomic E-state index is 0.156. The quantitative estimate of drug-likeness (QED) is 0.906.